The highest BCUT2D eigenvalue weighted by Gasteiger charge is 2.29. The summed E-state index contributed by atoms with van der Waals surface area (Å²) in [6.07, 6.45) is 1.36. The minimum atomic E-state index is -1.18. The lowest BCUT2D eigenvalue weighted by Crippen LogP contribution is -2.50. The summed E-state index contributed by atoms with van der Waals surface area (Å²) in [7, 11) is 0. The molecule has 0 aromatic carbocycles. The number of carbonyl (C=O) groups is 3. The van der Waals surface area contributed by atoms with Gasteiger partial charge in [0.1, 0.15) is 12.1 Å². The Bertz CT molecular complexity index is 332. The van der Waals surface area contributed by atoms with Crippen LogP contribution in [0.1, 0.15) is 39.5 Å². The van der Waals surface area contributed by atoms with Crippen molar-refractivity contribution in [3.8, 4) is 0 Å². The van der Waals surface area contributed by atoms with Gasteiger partial charge in [-0.3, -0.25) is 19.7 Å². The summed E-state index contributed by atoms with van der Waals surface area (Å²) in [5.41, 5.74) is 4.96. The van der Waals surface area contributed by atoms with Crippen LogP contribution >= 0.6 is 0 Å². The average molecular weight is 274 g/mol. The normalized spacial score (nSPS) is 15.5. The monoisotopic (exact) mass is 274 g/mol. The maximum absolute atomic E-state index is 11.2. The van der Waals surface area contributed by atoms with E-state index in [-0.39, 0.29) is 18.8 Å². The molecule has 0 aromatic heterocycles. The van der Waals surface area contributed by atoms with E-state index in [0.29, 0.717) is 6.42 Å². The Morgan fingerprint density at radius 2 is 1.74 bits per heavy atom. The second-order valence-corrected chi connectivity index (χ2v) is 4.64. The van der Waals surface area contributed by atoms with Crippen LogP contribution in [0.5, 0.6) is 0 Å². The topological polar surface area (TPSA) is 130 Å². The summed E-state index contributed by atoms with van der Waals surface area (Å²) in [5, 5.41) is 20.7. The molecule has 0 rings (SSSR count). The van der Waals surface area contributed by atoms with Gasteiger partial charge in [0.05, 0.1) is 0 Å². The first kappa shape index (κ1) is 17.4. The molecule has 0 radical (unpaired) electrons. The molecule has 0 spiro atoms. The summed E-state index contributed by atoms with van der Waals surface area (Å²) in [4.78, 5) is 32.9. The van der Waals surface area contributed by atoms with Crippen LogP contribution in [-0.2, 0) is 14.4 Å². The number of primary amides is 1. The van der Waals surface area contributed by atoms with Gasteiger partial charge in [0.2, 0.25) is 5.91 Å². The lowest BCUT2D eigenvalue weighted by molar-refractivity contribution is -0.143. The molecule has 7 nitrogen and oxygen atoms in total. The Balaban J connectivity index is 4.70. The zero-order chi connectivity index (χ0) is 15.0. The molecule has 0 fully saturated rings. The van der Waals surface area contributed by atoms with Gasteiger partial charge in [0, 0.05) is 6.42 Å². The average Bonchev–Trinajstić information content (AvgIpc) is 2.27. The number of carbonyl (C=O) groups excluding carboxylic acids is 1. The number of nitrogens with two attached hydrogens (primary N) is 1. The number of hydrogen-bond acceptors (Lipinski definition) is 4. The van der Waals surface area contributed by atoms with Crippen molar-refractivity contribution in [2.45, 2.75) is 51.6 Å². The number of hydrogen-bond donors (Lipinski definition) is 4. The van der Waals surface area contributed by atoms with Crippen LogP contribution in [0.3, 0.4) is 0 Å². The molecule has 19 heavy (non-hydrogen) atoms. The van der Waals surface area contributed by atoms with Crippen molar-refractivity contribution in [1.29, 1.82) is 0 Å². The van der Waals surface area contributed by atoms with Crippen molar-refractivity contribution >= 4 is 17.8 Å². The standard InChI is InChI=1S/C12H22N2O5/c1-3-4-7(2)10(12(18)19)14-8(11(16)17)5-6-9(13)15/h7-8,10,14H,3-6H2,1-2H3,(H2,13,15)(H,16,17)(H,18,19)/t7?,8-,10?/m0/s1. The Hall–Kier alpha value is -1.63. The number of carboxylic acid groups (broad SMARTS) is 2. The molecule has 0 aromatic rings. The van der Waals surface area contributed by atoms with Crippen LogP contribution in [0.4, 0.5) is 0 Å². The summed E-state index contributed by atoms with van der Waals surface area (Å²) < 4.78 is 0. The van der Waals surface area contributed by atoms with Crippen LogP contribution in [0.25, 0.3) is 0 Å². The first-order chi connectivity index (χ1) is 8.79. The van der Waals surface area contributed by atoms with Gasteiger partial charge >= 0.3 is 11.9 Å². The van der Waals surface area contributed by atoms with Crippen molar-refractivity contribution in [1.82, 2.24) is 5.32 Å². The van der Waals surface area contributed by atoms with E-state index in [1.165, 1.54) is 0 Å². The van der Waals surface area contributed by atoms with Gasteiger partial charge in [-0.2, -0.15) is 0 Å². The zero-order valence-electron chi connectivity index (χ0n) is 11.3. The summed E-state index contributed by atoms with van der Waals surface area (Å²) in [6.45, 7) is 3.68. The van der Waals surface area contributed by atoms with E-state index in [2.05, 4.69) is 5.32 Å². The third-order valence-electron chi connectivity index (χ3n) is 2.94. The summed E-state index contributed by atoms with van der Waals surface area (Å²) in [5.74, 6) is -3.08. The molecule has 5 N–H and O–H groups in total. The zero-order valence-corrected chi connectivity index (χ0v) is 11.3. The van der Waals surface area contributed by atoms with E-state index < -0.39 is 29.9 Å². The van der Waals surface area contributed by atoms with Gasteiger partial charge in [-0.15, -0.1) is 0 Å². The van der Waals surface area contributed by atoms with Crippen molar-refractivity contribution < 1.29 is 24.6 Å². The molecular weight excluding hydrogens is 252 g/mol. The number of nitrogens with one attached hydrogen (secondary N) is 1. The predicted molar refractivity (Wildman–Crippen MR) is 68.5 cm³/mol. The Morgan fingerprint density at radius 1 is 1.16 bits per heavy atom. The van der Waals surface area contributed by atoms with Crippen molar-refractivity contribution in [2.75, 3.05) is 0 Å². The second-order valence-electron chi connectivity index (χ2n) is 4.64. The molecule has 110 valence electrons. The fourth-order valence-corrected chi connectivity index (χ4v) is 1.88. The number of carboxylic acids is 2. The highest BCUT2D eigenvalue weighted by molar-refractivity contribution is 5.79. The third kappa shape index (κ3) is 6.76. The van der Waals surface area contributed by atoms with Crippen molar-refractivity contribution in [3.63, 3.8) is 0 Å². The van der Waals surface area contributed by atoms with Crippen LogP contribution < -0.4 is 11.1 Å². The number of rotatable bonds is 10. The first-order valence-electron chi connectivity index (χ1n) is 6.29. The predicted octanol–water partition coefficient (Wildman–Crippen LogP) is 0.184. The molecular formula is C12H22N2O5. The molecule has 0 bridgehead atoms. The maximum atomic E-state index is 11.2. The molecule has 3 atom stereocenters. The van der Waals surface area contributed by atoms with E-state index in [1.54, 1.807) is 6.92 Å². The molecule has 0 aliphatic carbocycles. The van der Waals surface area contributed by atoms with Crippen LogP contribution in [0.2, 0.25) is 0 Å². The third-order valence-corrected chi connectivity index (χ3v) is 2.94. The van der Waals surface area contributed by atoms with Gasteiger partial charge < -0.3 is 15.9 Å². The van der Waals surface area contributed by atoms with Gasteiger partial charge in [-0.05, 0) is 18.8 Å². The molecule has 0 saturated heterocycles. The highest BCUT2D eigenvalue weighted by atomic mass is 16.4. The van der Waals surface area contributed by atoms with Gasteiger partial charge in [0.15, 0.2) is 0 Å². The van der Waals surface area contributed by atoms with Crippen molar-refractivity contribution in [2.24, 2.45) is 11.7 Å². The lowest BCUT2D eigenvalue weighted by Gasteiger charge is -2.24. The molecule has 7 heteroatoms. The Kier molecular flexibility index (Phi) is 7.74. The Labute approximate surface area is 112 Å². The molecule has 2 unspecified atom stereocenters. The number of aliphatic carboxylic acids is 2. The van der Waals surface area contributed by atoms with Crippen LogP contribution in [-0.4, -0.2) is 40.1 Å². The molecule has 0 aliphatic rings. The largest absolute Gasteiger partial charge is 0.480 e. The van der Waals surface area contributed by atoms with E-state index in [0.717, 1.165) is 6.42 Å². The molecule has 0 heterocycles. The minimum Gasteiger partial charge on any atom is -0.480 e. The minimum absolute atomic E-state index is 0.0205. The van der Waals surface area contributed by atoms with Gasteiger partial charge in [0.25, 0.3) is 0 Å². The van der Waals surface area contributed by atoms with Crippen LogP contribution in [0, 0.1) is 5.92 Å². The van der Waals surface area contributed by atoms with Gasteiger partial charge in [-0.1, -0.05) is 20.3 Å². The van der Waals surface area contributed by atoms with E-state index in [1.807, 2.05) is 6.92 Å². The van der Waals surface area contributed by atoms with Crippen molar-refractivity contribution in [3.05, 3.63) is 0 Å². The second kappa shape index (κ2) is 8.47. The number of amides is 1. The summed E-state index contributed by atoms with van der Waals surface area (Å²) >= 11 is 0. The molecule has 1 amide bonds. The highest BCUT2D eigenvalue weighted by Crippen LogP contribution is 2.13. The molecule has 0 aliphatic heterocycles. The Morgan fingerprint density at radius 3 is 2.11 bits per heavy atom. The SMILES string of the molecule is CCCC(C)C(N[C@@H](CCC(N)=O)C(=O)O)C(=O)O. The lowest BCUT2D eigenvalue weighted by atomic mass is 9.95. The quantitative estimate of drug-likeness (QED) is 0.450. The smallest absolute Gasteiger partial charge is 0.320 e. The summed E-state index contributed by atoms with van der Waals surface area (Å²) in [6, 6.07) is -2.04. The molecule has 0 saturated carbocycles. The van der Waals surface area contributed by atoms with Gasteiger partial charge in [-0.25, -0.2) is 0 Å². The maximum Gasteiger partial charge on any atom is 0.320 e. The fraction of sp³-hybridized carbons (Fsp3) is 0.750. The first-order valence-corrected chi connectivity index (χ1v) is 6.29. The van der Waals surface area contributed by atoms with E-state index >= 15 is 0 Å². The van der Waals surface area contributed by atoms with Crippen LogP contribution in [0.15, 0.2) is 0 Å². The van der Waals surface area contributed by atoms with E-state index in [9.17, 15) is 14.4 Å². The fourth-order valence-electron chi connectivity index (χ4n) is 1.88. The van der Waals surface area contributed by atoms with E-state index in [4.69, 9.17) is 15.9 Å².